The Morgan fingerprint density at radius 2 is 1.77 bits per heavy atom. The van der Waals surface area contributed by atoms with Gasteiger partial charge in [0, 0.05) is 17.6 Å². The van der Waals surface area contributed by atoms with Gasteiger partial charge in [-0.15, -0.1) is 0 Å². The minimum absolute atomic E-state index is 0.231. The van der Waals surface area contributed by atoms with E-state index in [0.29, 0.717) is 17.6 Å². The number of unbranched alkanes of at least 4 members (excludes halogenated alkanes) is 1. The van der Waals surface area contributed by atoms with Gasteiger partial charge in [-0.3, -0.25) is 0 Å². The van der Waals surface area contributed by atoms with Crippen LogP contribution in [0.3, 0.4) is 0 Å². The second-order valence-corrected chi connectivity index (χ2v) is 6.94. The maximum absolute atomic E-state index is 14.7. The zero-order valence-corrected chi connectivity index (χ0v) is 14.3. The largest absolute Gasteiger partial charge is 0.497 e. The lowest BCUT2D eigenvalue weighted by molar-refractivity contribution is 0.00578. The van der Waals surface area contributed by atoms with Gasteiger partial charge in [-0.25, -0.2) is 4.39 Å². The van der Waals surface area contributed by atoms with Crippen LogP contribution in [-0.4, -0.2) is 24.9 Å². The van der Waals surface area contributed by atoms with E-state index < -0.39 is 18.3 Å². The number of halogens is 1. The molecule has 0 spiro atoms. The predicted octanol–water partition coefficient (Wildman–Crippen LogP) is 3.01. The van der Waals surface area contributed by atoms with Gasteiger partial charge in [0.2, 0.25) is 0 Å². The number of hydrogen-bond donors (Lipinski definition) is 1. The summed E-state index contributed by atoms with van der Waals surface area (Å²) in [6.07, 6.45) is 2.22. The zero-order chi connectivity index (χ0) is 16.4. The standard InChI is InChI=1S/C17H27BFNO2/c1-6-7-11-20-12-13-9-8-10-14(15(13)19)18-21-16(2,3)17(4,5)22-18/h8-10,20H,6-7,11-12H2,1-5H3. The van der Waals surface area contributed by atoms with Crippen LogP contribution in [0.5, 0.6) is 0 Å². The van der Waals surface area contributed by atoms with E-state index >= 15 is 0 Å². The Morgan fingerprint density at radius 1 is 1.14 bits per heavy atom. The Labute approximate surface area is 133 Å². The van der Waals surface area contributed by atoms with E-state index in [1.165, 1.54) is 0 Å². The SMILES string of the molecule is CCCCNCc1cccc(B2OC(C)(C)C(C)(C)O2)c1F. The van der Waals surface area contributed by atoms with Gasteiger partial charge in [0.05, 0.1) is 11.2 Å². The van der Waals surface area contributed by atoms with E-state index in [4.69, 9.17) is 9.31 Å². The van der Waals surface area contributed by atoms with Crippen molar-refractivity contribution in [3.63, 3.8) is 0 Å². The maximum Gasteiger partial charge on any atom is 0.497 e. The van der Waals surface area contributed by atoms with Crippen molar-refractivity contribution in [3.05, 3.63) is 29.6 Å². The second kappa shape index (κ2) is 6.69. The van der Waals surface area contributed by atoms with Crippen molar-refractivity contribution in [2.75, 3.05) is 6.54 Å². The van der Waals surface area contributed by atoms with Crippen LogP contribution in [0.2, 0.25) is 0 Å². The van der Waals surface area contributed by atoms with Crippen molar-refractivity contribution in [1.29, 1.82) is 0 Å². The van der Waals surface area contributed by atoms with Crippen LogP contribution in [0.15, 0.2) is 18.2 Å². The third-order valence-corrected chi connectivity index (χ3v) is 4.64. The molecule has 0 saturated carbocycles. The lowest BCUT2D eigenvalue weighted by Gasteiger charge is -2.32. The van der Waals surface area contributed by atoms with E-state index in [9.17, 15) is 4.39 Å². The van der Waals surface area contributed by atoms with Crippen molar-refractivity contribution < 1.29 is 13.7 Å². The third kappa shape index (κ3) is 3.53. The number of rotatable bonds is 6. The Hall–Kier alpha value is -0.905. The number of hydrogen-bond acceptors (Lipinski definition) is 3. The van der Waals surface area contributed by atoms with Gasteiger partial charge in [0.15, 0.2) is 0 Å². The summed E-state index contributed by atoms with van der Waals surface area (Å²) in [5, 5.41) is 3.27. The lowest BCUT2D eigenvalue weighted by Crippen LogP contribution is -2.41. The zero-order valence-electron chi connectivity index (χ0n) is 14.3. The maximum atomic E-state index is 14.7. The van der Waals surface area contributed by atoms with Crippen LogP contribution < -0.4 is 10.8 Å². The summed E-state index contributed by atoms with van der Waals surface area (Å²) in [5.74, 6) is -0.231. The lowest BCUT2D eigenvalue weighted by atomic mass is 9.78. The van der Waals surface area contributed by atoms with Gasteiger partial charge >= 0.3 is 7.12 Å². The average Bonchev–Trinajstić information content (AvgIpc) is 2.65. The van der Waals surface area contributed by atoms with Crippen molar-refractivity contribution in [2.45, 2.75) is 65.2 Å². The summed E-state index contributed by atoms with van der Waals surface area (Å²) in [6.45, 7) is 11.5. The average molecular weight is 307 g/mol. The van der Waals surface area contributed by atoms with Gasteiger partial charge in [0.25, 0.3) is 0 Å². The fourth-order valence-corrected chi connectivity index (χ4v) is 2.41. The molecule has 1 fully saturated rings. The molecule has 0 bridgehead atoms. The Bertz CT molecular complexity index is 503. The molecule has 0 amide bonds. The molecule has 0 radical (unpaired) electrons. The molecule has 0 aliphatic carbocycles. The van der Waals surface area contributed by atoms with Crippen molar-refractivity contribution >= 4 is 12.6 Å². The highest BCUT2D eigenvalue weighted by Gasteiger charge is 2.52. The normalized spacial score (nSPS) is 19.6. The topological polar surface area (TPSA) is 30.5 Å². The Morgan fingerprint density at radius 3 is 2.36 bits per heavy atom. The summed E-state index contributed by atoms with van der Waals surface area (Å²) < 4.78 is 26.6. The first-order valence-electron chi connectivity index (χ1n) is 8.12. The van der Waals surface area contributed by atoms with Crippen LogP contribution >= 0.6 is 0 Å². The van der Waals surface area contributed by atoms with Crippen LogP contribution in [0.25, 0.3) is 0 Å². The minimum atomic E-state index is -0.652. The summed E-state index contributed by atoms with van der Waals surface area (Å²) in [6, 6.07) is 5.41. The van der Waals surface area contributed by atoms with Crippen molar-refractivity contribution in [1.82, 2.24) is 5.32 Å². The highest BCUT2D eigenvalue weighted by Crippen LogP contribution is 2.36. The summed E-state index contributed by atoms with van der Waals surface area (Å²) in [5.41, 5.74) is 0.218. The molecule has 1 saturated heterocycles. The molecule has 1 heterocycles. The molecule has 22 heavy (non-hydrogen) atoms. The summed E-state index contributed by atoms with van der Waals surface area (Å²) >= 11 is 0. The fourth-order valence-electron chi connectivity index (χ4n) is 2.41. The predicted molar refractivity (Wildman–Crippen MR) is 88.7 cm³/mol. The molecule has 0 unspecified atom stereocenters. The molecule has 1 aliphatic heterocycles. The molecule has 0 aromatic heterocycles. The van der Waals surface area contributed by atoms with Crippen LogP contribution in [0, 0.1) is 5.82 Å². The highest BCUT2D eigenvalue weighted by molar-refractivity contribution is 6.62. The van der Waals surface area contributed by atoms with Crippen LogP contribution in [-0.2, 0) is 15.9 Å². The number of benzene rings is 1. The van der Waals surface area contributed by atoms with E-state index in [0.717, 1.165) is 19.4 Å². The van der Waals surface area contributed by atoms with Crippen molar-refractivity contribution in [3.8, 4) is 0 Å². The molecule has 1 aromatic rings. The summed E-state index contributed by atoms with van der Waals surface area (Å²) in [7, 11) is -0.652. The first kappa shape index (κ1) is 17.4. The monoisotopic (exact) mass is 307 g/mol. The number of nitrogens with one attached hydrogen (secondary N) is 1. The van der Waals surface area contributed by atoms with Gasteiger partial charge in [-0.2, -0.15) is 0 Å². The molecule has 0 atom stereocenters. The molecule has 1 aromatic carbocycles. The molecular formula is C17H27BFNO2. The van der Waals surface area contributed by atoms with E-state index in [1.807, 2.05) is 39.8 Å². The van der Waals surface area contributed by atoms with E-state index in [2.05, 4.69) is 12.2 Å². The molecule has 1 aliphatic rings. The van der Waals surface area contributed by atoms with Gasteiger partial charge in [-0.1, -0.05) is 31.5 Å². The van der Waals surface area contributed by atoms with Crippen LogP contribution in [0.1, 0.15) is 53.0 Å². The molecule has 1 N–H and O–H groups in total. The molecule has 122 valence electrons. The fraction of sp³-hybridized carbons (Fsp3) is 0.647. The third-order valence-electron chi connectivity index (χ3n) is 4.64. The second-order valence-electron chi connectivity index (χ2n) is 6.94. The smallest absolute Gasteiger partial charge is 0.399 e. The molecule has 3 nitrogen and oxygen atoms in total. The molecular weight excluding hydrogens is 280 g/mol. The van der Waals surface area contributed by atoms with Crippen LogP contribution in [0.4, 0.5) is 4.39 Å². The molecule has 2 rings (SSSR count). The van der Waals surface area contributed by atoms with E-state index in [-0.39, 0.29) is 5.82 Å². The van der Waals surface area contributed by atoms with Gasteiger partial charge < -0.3 is 14.6 Å². The highest BCUT2D eigenvalue weighted by atomic mass is 19.1. The van der Waals surface area contributed by atoms with Crippen molar-refractivity contribution in [2.24, 2.45) is 0 Å². The first-order valence-corrected chi connectivity index (χ1v) is 8.12. The molecule has 5 heteroatoms. The first-order chi connectivity index (χ1) is 10.3. The quantitative estimate of drug-likeness (QED) is 0.647. The van der Waals surface area contributed by atoms with E-state index in [1.54, 1.807) is 6.07 Å². The summed E-state index contributed by atoms with van der Waals surface area (Å²) in [4.78, 5) is 0. The minimum Gasteiger partial charge on any atom is -0.399 e. The Kier molecular flexibility index (Phi) is 5.31. The Balaban J connectivity index is 2.13. The van der Waals surface area contributed by atoms with Gasteiger partial charge in [0.1, 0.15) is 5.82 Å². The van der Waals surface area contributed by atoms with Gasteiger partial charge in [-0.05, 0) is 40.7 Å².